The van der Waals surface area contributed by atoms with Gasteiger partial charge in [-0.2, -0.15) is 0 Å². The van der Waals surface area contributed by atoms with Crippen LogP contribution in [0, 0.1) is 12.7 Å². The third-order valence-corrected chi connectivity index (χ3v) is 5.64. The van der Waals surface area contributed by atoms with E-state index in [0.29, 0.717) is 23.2 Å². The number of nitrogens with one attached hydrogen (secondary N) is 2. The van der Waals surface area contributed by atoms with Gasteiger partial charge in [0.15, 0.2) is 5.16 Å². The van der Waals surface area contributed by atoms with E-state index in [4.69, 9.17) is 11.6 Å². The second-order valence-electron chi connectivity index (χ2n) is 6.80. The molecule has 7 nitrogen and oxygen atoms in total. The third kappa shape index (κ3) is 6.18. The Bertz CT molecular complexity index is 1150. The Morgan fingerprint density at radius 3 is 2.69 bits per heavy atom. The summed E-state index contributed by atoms with van der Waals surface area (Å²) in [7, 11) is 0. The van der Waals surface area contributed by atoms with Crippen LogP contribution in [-0.4, -0.2) is 32.3 Å². The smallest absolute Gasteiger partial charge is 0.234 e. The maximum absolute atomic E-state index is 13.3. The predicted molar refractivity (Wildman–Crippen MR) is 124 cm³/mol. The highest BCUT2D eigenvalue weighted by Crippen LogP contribution is 2.21. The van der Waals surface area contributed by atoms with E-state index < -0.39 is 5.82 Å². The molecule has 0 aliphatic carbocycles. The number of rotatable bonds is 9. The SMILES string of the molecule is C=CCn1c(CC(=O)Nc2ccccc2C)nnc1SCC(=O)Nc1ccc(F)c(Cl)c1. The third-order valence-electron chi connectivity index (χ3n) is 4.38. The van der Waals surface area contributed by atoms with Crippen molar-refractivity contribution >= 4 is 46.6 Å². The number of nitrogens with zero attached hydrogens (tertiary/aromatic N) is 3. The molecule has 0 atom stereocenters. The van der Waals surface area contributed by atoms with Crippen molar-refractivity contribution in [3.63, 3.8) is 0 Å². The second-order valence-corrected chi connectivity index (χ2v) is 8.15. The summed E-state index contributed by atoms with van der Waals surface area (Å²) in [5.74, 6) is -0.594. The van der Waals surface area contributed by atoms with E-state index >= 15 is 0 Å². The number of amides is 2. The summed E-state index contributed by atoms with van der Waals surface area (Å²) in [5, 5.41) is 14.2. The van der Waals surface area contributed by atoms with Crippen LogP contribution in [0.2, 0.25) is 5.02 Å². The number of hydrogen-bond donors (Lipinski definition) is 2. The summed E-state index contributed by atoms with van der Waals surface area (Å²) in [5.41, 5.74) is 2.08. The molecule has 0 spiro atoms. The Morgan fingerprint density at radius 2 is 1.97 bits per heavy atom. The van der Waals surface area contributed by atoms with Crippen LogP contribution in [-0.2, 0) is 22.6 Å². The Hall–Kier alpha value is -3.17. The highest BCUT2D eigenvalue weighted by atomic mass is 35.5. The van der Waals surface area contributed by atoms with Crippen molar-refractivity contribution in [3.05, 3.63) is 77.3 Å². The molecular weight excluding hydrogens is 453 g/mol. The normalized spacial score (nSPS) is 10.6. The minimum absolute atomic E-state index is 0.0238. The van der Waals surface area contributed by atoms with Crippen LogP contribution in [0.3, 0.4) is 0 Å². The first-order chi connectivity index (χ1) is 15.4. The standard InChI is InChI=1S/C22H21ClFN5O2S/c1-3-10-29-19(12-20(30)26-18-7-5-4-6-14(18)2)27-28-22(29)32-13-21(31)25-15-8-9-17(24)16(23)11-15/h3-9,11H,1,10,12-13H2,2H3,(H,25,31)(H,26,30). The number of aromatic nitrogens is 3. The zero-order chi connectivity index (χ0) is 23.1. The lowest BCUT2D eigenvalue weighted by molar-refractivity contribution is -0.116. The van der Waals surface area contributed by atoms with E-state index in [1.807, 2.05) is 31.2 Å². The van der Waals surface area contributed by atoms with Gasteiger partial charge in [0, 0.05) is 17.9 Å². The van der Waals surface area contributed by atoms with Gasteiger partial charge >= 0.3 is 0 Å². The molecule has 32 heavy (non-hydrogen) atoms. The van der Waals surface area contributed by atoms with Crippen LogP contribution in [0.1, 0.15) is 11.4 Å². The summed E-state index contributed by atoms with van der Waals surface area (Å²) in [6.07, 6.45) is 1.69. The van der Waals surface area contributed by atoms with Gasteiger partial charge < -0.3 is 15.2 Å². The molecule has 1 heterocycles. The van der Waals surface area contributed by atoms with Crippen molar-refractivity contribution in [2.24, 2.45) is 0 Å². The molecule has 0 unspecified atom stereocenters. The van der Waals surface area contributed by atoms with Gasteiger partial charge in [0.05, 0.1) is 17.2 Å². The van der Waals surface area contributed by atoms with Crippen LogP contribution < -0.4 is 10.6 Å². The molecule has 3 aromatic rings. The van der Waals surface area contributed by atoms with Gasteiger partial charge in [-0.25, -0.2) is 4.39 Å². The topological polar surface area (TPSA) is 88.9 Å². The molecule has 0 fully saturated rings. The van der Waals surface area contributed by atoms with Gasteiger partial charge in [-0.05, 0) is 36.8 Å². The van der Waals surface area contributed by atoms with Crippen molar-refractivity contribution in [3.8, 4) is 0 Å². The molecule has 1 aromatic heterocycles. The number of para-hydroxylation sites is 1. The summed E-state index contributed by atoms with van der Waals surface area (Å²) in [6, 6.07) is 11.4. The molecule has 2 aromatic carbocycles. The maximum atomic E-state index is 13.3. The van der Waals surface area contributed by atoms with Gasteiger partial charge in [0.25, 0.3) is 0 Å². The first-order valence-electron chi connectivity index (χ1n) is 9.63. The lowest BCUT2D eigenvalue weighted by atomic mass is 10.2. The van der Waals surface area contributed by atoms with Gasteiger partial charge in [0.1, 0.15) is 11.6 Å². The van der Waals surface area contributed by atoms with Gasteiger partial charge in [-0.1, -0.05) is 47.6 Å². The first-order valence-corrected chi connectivity index (χ1v) is 11.0. The Morgan fingerprint density at radius 1 is 1.19 bits per heavy atom. The molecule has 0 saturated carbocycles. The van der Waals surface area contributed by atoms with Crippen LogP contribution in [0.15, 0.2) is 60.3 Å². The molecule has 0 saturated heterocycles. The number of allylic oxidation sites excluding steroid dienone is 1. The summed E-state index contributed by atoms with van der Waals surface area (Å²) in [6.45, 7) is 6.03. The summed E-state index contributed by atoms with van der Waals surface area (Å²) in [4.78, 5) is 24.8. The summed E-state index contributed by atoms with van der Waals surface area (Å²) >= 11 is 6.90. The highest BCUT2D eigenvalue weighted by molar-refractivity contribution is 7.99. The van der Waals surface area contributed by atoms with Gasteiger partial charge in [0.2, 0.25) is 11.8 Å². The summed E-state index contributed by atoms with van der Waals surface area (Å²) < 4.78 is 15.0. The van der Waals surface area contributed by atoms with Crippen LogP contribution >= 0.6 is 23.4 Å². The average Bonchev–Trinajstić information content (AvgIpc) is 3.12. The molecule has 2 amide bonds. The Balaban J connectivity index is 1.62. The first kappa shape index (κ1) is 23.5. The minimum Gasteiger partial charge on any atom is -0.325 e. The van der Waals surface area contributed by atoms with Crippen molar-refractivity contribution in [2.45, 2.75) is 25.0 Å². The van der Waals surface area contributed by atoms with E-state index in [0.717, 1.165) is 11.3 Å². The molecule has 166 valence electrons. The molecule has 0 radical (unpaired) electrons. The number of hydrogen-bond acceptors (Lipinski definition) is 5. The van der Waals surface area contributed by atoms with Crippen molar-refractivity contribution in [1.82, 2.24) is 14.8 Å². The zero-order valence-electron chi connectivity index (χ0n) is 17.3. The van der Waals surface area contributed by atoms with Crippen LogP contribution in [0.5, 0.6) is 0 Å². The predicted octanol–water partition coefficient (Wildman–Crippen LogP) is 4.48. The Labute approximate surface area is 194 Å². The number of carbonyl (C=O) groups excluding carboxylic acids is 2. The molecule has 2 N–H and O–H groups in total. The highest BCUT2D eigenvalue weighted by Gasteiger charge is 2.17. The average molecular weight is 474 g/mol. The van der Waals surface area contributed by atoms with Gasteiger partial charge in [-0.15, -0.1) is 16.8 Å². The van der Waals surface area contributed by atoms with E-state index in [9.17, 15) is 14.0 Å². The van der Waals surface area contributed by atoms with E-state index in [1.165, 1.54) is 30.0 Å². The van der Waals surface area contributed by atoms with E-state index in [1.54, 1.807) is 10.6 Å². The fourth-order valence-electron chi connectivity index (χ4n) is 2.82. The maximum Gasteiger partial charge on any atom is 0.234 e. The number of halogens is 2. The van der Waals surface area contributed by atoms with Gasteiger partial charge in [-0.3, -0.25) is 9.59 Å². The monoisotopic (exact) mass is 473 g/mol. The molecule has 0 aliphatic rings. The van der Waals surface area contributed by atoms with Crippen LogP contribution in [0.25, 0.3) is 0 Å². The number of carbonyl (C=O) groups is 2. The largest absolute Gasteiger partial charge is 0.325 e. The van der Waals surface area contributed by atoms with E-state index in [-0.39, 0.29) is 29.0 Å². The molecule has 0 aliphatic heterocycles. The van der Waals surface area contributed by atoms with Crippen molar-refractivity contribution in [2.75, 3.05) is 16.4 Å². The lowest BCUT2D eigenvalue weighted by Crippen LogP contribution is -2.18. The lowest BCUT2D eigenvalue weighted by Gasteiger charge is -2.10. The van der Waals surface area contributed by atoms with Crippen molar-refractivity contribution in [1.29, 1.82) is 0 Å². The second kappa shape index (κ2) is 10.9. The van der Waals surface area contributed by atoms with Crippen molar-refractivity contribution < 1.29 is 14.0 Å². The Kier molecular flexibility index (Phi) is 8.02. The minimum atomic E-state index is -0.560. The van der Waals surface area contributed by atoms with Crippen LogP contribution in [0.4, 0.5) is 15.8 Å². The molecule has 3 rings (SSSR count). The van der Waals surface area contributed by atoms with E-state index in [2.05, 4.69) is 27.4 Å². The number of benzene rings is 2. The molecule has 0 bridgehead atoms. The quantitative estimate of drug-likeness (QED) is 0.353. The fourth-order valence-corrected chi connectivity index (χ4v) is 3.77. The molecular formula is C22H21ClFN5O2S. The fraction of sp³-hybridized carbons (Fsp3) is 0.182. The number of aryl methyl sites for hydroxylation is 1. The molecule has 10 heteroatoms. The number of thioether (sulfide) groups is 1. The zero-order valence-corrected chi connectivity index (χ0v) is 18.8. The number of anilines is 2.